The fraction of sp³-hybridized carbons (Fsp3) is 0.314. The Morgan fingerprint density at radius 1 is 0.841 bits per heavy atom. The first-order chi connectivity index (χ1) is 21.2. The average Bonchev–Trinajstić information content (AvgIpc) is 3.03. The van der Waals surface area contributed by atoms with Gasteiger partial charge >= 0.3 is 0 Å². The van der Waals surface area contributed by atoms with E-state index in [-0.39, 0.29) is 23.4 Å². The first kappa shape index (κ1) is 31.9. The smallest absolute Gasteiger partial charge is 0.243 e. The highest BCUT2D eigenvalue weighted by Crippen LogP contribution is 2.24. The topological polar surface area (TPSA) is 86.8 Å². The van der Waals surface area contributed by atoms with Gasteiger partial charge in [-0.3, -0.25) is 9.59 Å². The number of carbonyl (C=O) groups excluding carboxylic acids is 2. The molecule has 7 nitrogen and oxygen atoms in total. The summed E-state index contributed by atoms with van der Waals surface area (Å²) in [6.07, 6.45) is 5.41. The van der Waals surface area contributed by atoms with Crippen molar-refractivity contribution in [2.75, 3.05) is 13.6 Å². The van der Waals surface area contributed by atoms with Crippen molar-refractivity contribution < 1.29 is 18.0 Å². The number of likely N-dealkylation sites (N-methyl/N-ethyl adjacent to an activating group) is 1. The van der Waals surface area contributed by atoms with E-state index in [9.17, 15) is 18.0 Å². The zero-order valence-corrected chi connectivity index (χ0v) is 27.3. The number of fused-ring (bicyclic) bond motifs is 1. The van der Waals surface area contributed by atoms with Crippen molar-refractivity contribution in [3.05, 3.63) is 113 Å². The molecule has 0 bridgehead atoms. The van der Waals surface area contributed by atoms with E-state index >= 15 is 0 Å². The predicted octanol–water partition coefficient (Wildman–Crippen LogP) is 6.31. The maximum absolute atomic E-state index is 14.2. The van der Waals surface area contributed by atoms with Crippen molar-refractivity contribution in [2.24, 2.45) is 0 Å². The highest BCUT2D eigenvalue weighted by molar-refractivity contribution is 9.10. The van der Waals surface area contributed by atoms with E-state index in [4.69, 9.17) is 0 Å². The molecule has 1 saturated carbocycles. The first-order valence-electron chi connectivity index (χ1n) is 15.0. The summed E-state index contributed by atoms with van der Waals surface area (Å²) in [5.41, 5.74) is 1.75. The van der Waals surface area contributed by atoms with Gasteiger partial charge in [0.15, 0.2) is 0 Å². The SMILES string of the molecule is CN(CC(=O)N(Cc1cccc(Br)c1)[C@H](Cc1ccccc1)C(=O)NC1CCCCC1)S(=O)(=O)c1ccc2ccccc2c1. The Labute approximate surface area is 268 Å². The van der Waals surface area contributed by atoms with Gasteiger partial charge in [-0.1, -0.05) is 108 Å². The lowest BCUT2D eigenvalue weighted by Crippen LogP contribution is -2.54. The van der Waals surface area contributed by atoms with Crippen molar-refractivity contribution in [1.29, 1.82) is 0 Å². The molecule has 0 saturated heterocycles. The first-order valence-corrected chi connectivity index (χ1v) is 17.3. The molecular weight excluding hydrogens is 638 g/mol. The molecule has 0 radical (unpaired) electrons. The van der Waals surface area contributed by atoms with Gasteiger partial charge in [-0.05, 0) is 59.0 Å². The zero-order valence-electron chi connectivity index (χ0n) is 24.9. The number of halogens is 1. The van der Waals surface area contributed by atoms with Crippen LogP contribution in [0.2, 0.25) is 0 Å². The summed E-state index contributed by atoms with van der Waals surface area (Å²) in [7, 11) is -2.58. The van der Waals surface area contributed by atoms with Crippen molar-refractivity contribution in [3.8, 4) is 0 Å². The van der Waals surface area contributed by atoms with Gasteiger partial charge < -0.3 is 10.2 Å². The predicted molar refractivity (Wildman–Crippen MR) is 177 cm³/mol. The van der Waals surface area contributed by atoms with Crippen molar-refractivity contribution in [3.63, 3.8) is 0 Å². The number of sulfonamides is 1. The summed E-state index contributed by atoms with van der Waals surface area (Å²) in [5, 5.41) is 4.95. The number of hydrogen-bond donors (Lipinski definition) is 1. The maximum Gasteiger partial charge on any atom is 0.243 e. The zero-order chi connectivity index (χ0) is 31.1. The van der Waals surface area contributed by atoms with Crippen LogP contribution >= 0.6 is 15.9 Å². The van der Waals surface area contributed by atoms with Crippen molar-refractivity contribution >= 4 is 48.5 Å². The highest BCUT2D eigenvalue weighted by Gasteiger charge is 2.34. The molecule has 1 N–H and O–H groups in total. The van der Waals surface area contributed by atoms with Gasteiger partial charge in [-0.25, -0.2) is 8.42 Å². The fourth-order valence-electron chi connectivity index (χ4n) is 5.80. The van der Waals surface area contributed by atoms with Crippen LogP contribution in [0, 0.1) is 0 Å². The van der Waals surface area contributed by atoms with Gasteiger partial charge in [-0.15, -0.1) is 0 Å². The Hall–Kier alpha value is -3.53. The van der Waals surface area contributed by atoms with Crippen LogP contribution in [-0.2, 0) is 32.6 Å². The van der Waals surface area contributed by atoms with Crippen LogP contribution in [0.25, 0.3) is 10.8 Å². The second-order valence-electron chi connectivity index (χ2n) is 11.5. The largest absolute Gasteiger partial charge is 0.352 e. The third-order valence-corrected chi connectivity index (χ3v) is 10.5. The van der Waals surface area contributed by atoms with Gasteiger partial charge in [-0.2, -0.15) is 4.31 Å². The molecule has 2 amide bonds. The number of nitrogens with one attached hydrogen (secondary N) is 1. The lowest BCUT2D eigenvalue weighted by Gasteiger charge is -2.34. The summed E-state index contributed by atoms with van der Waals surface area (Å²) in [5.74, 6) is -0.666. The number of carbonyl (C=O) groups is 2. The number of nitrogens with zero attached hydrogens (tertiary/aromatic N) is 2. The van der Waals surface area contributed by atoms with Gasteiger partial charge in [0.25, 0.3) is 0 Å². The van der Waals surface area contributed by atoms with E-state index in [0.717, 1.165) is 62.8 Å². The molecule has 1 atom stereocenters. The molecule has 0 heterocycles. The molecule has 230 valence electrons. The van der Waals surface area contributed by atoms with E-state index in [1.54, 1.807) is 23.1 Å². The molecule has 44 heavy (non-hydrogen) atoms. The normalized spacial score (nSPS) is 14.8. The van der Waals surface area contributed by atoms with Crippen LogP contribution in [0.3, 0.4) is 0 Å². The Morgan fingerprint density at radius 3 is 2.25 bits per heavy atom. The summed E-state index contributed by atoms with van der Waals surface area (Å²) >= 11 is 3.51. The maximum atomic E-state index is 14.2. The van der Waals surface area contributed by atoms with Crippen LogP contribution in [0.5, 0.6) is 0 Å². The number of amides is 2. The highest BCUT2D eigenvalue weighted by atomic mass is 79.9. The lowest BCUT2D eigenvalue weighted by atomic mass is 9.94. The molecular formula is C35H38BrN3O4S. The molecule has 0 aromatic heterocycles. The molecule has 0 unspecified atom stereocenters. The van der Waals surface area contributed by atoms with Crippen molar-refractivity contribution in [2.45, 2.75) is 62.0 Å². The van der Waals surface area contributed by atoms with Gasteiger partial charge in [0.2, 0.25) is 21.8 Å². The standard InChI is InChI=1S/C35H38BrN3O4S/c1-38(44(42,43)32-20-19-28-14-8-9-15-29(28)23-32)25-34(40)39(24-27-13-10-16-30(36)21-27)33(22-26-11-4-2-5-12-26)35(41)37-31-17-6-3-7-18-31/h2,4-5,8-16,19-21,23,31,33H,3,6-7,17-18,22,24-25H2,1H3,(H,37,41)/t33-/m1/s1. The Kier molecular flexibility index (Phi) is 10.5. The van der Waals surface area contributed by atoms with E-state index in [2.05, 4.69) is 21.2 Å². The molecule has 4 aromatic rings. The summed E-state index contributed by atoms with van der Waals surface area (Å²) in [6.45, 7) is -0.261. The number of benzene rings is 4. The van der Waals surface area contributed by atoms with Crippen LogP contribution in [-0.4, -0.2) is 55.1 Å². The molecule has 4 aromatic carbocycles. The van der Waals surface area contributed by atoms with Gasteiger partial charge in [0, 0.05) is 30.5 Å². The molecule has 1 aliphatic rings. The quantitative estimate of drug-likeness (QED) is 0.202. The second kappa shape index (κ2) is 14.5. The molecule has 1 aliphatic carbocycles. The van der Waals surface area contributed by atoms with E-state index in [1.165, 1.54) is 7.05 Å². The molecule has 5 rings (SSSR count). The Bertz CT molecular complexity index is 1710. The minimum absolute atomic E-state index is 0.0632. The third-order valence-electron chi connectivity index (χ3n) is 8.25. The lowest BCUT2D eigenvalue weighted by molar-refractivity contribution is -0.141. The minimum Gasteiger partial charge on any atom is -0.352 e. The summed E-state index contributed by atoms with van der Waals surface area (Å²) in [4.78, 5) is 29.8. The minimum atomic E-state index is -3.99. The van der Waals surface area contributed by atoms with Crippen LogP contribution in [0.1, 0.15) is 43.2 Å². The number of hydrogen-bond acceptors (Lipinski definition) is 4. The van der Waals surface area contributed by atoms with E-state index in [1.807, 2.05) is 78.9 Å². The number of rotatable bonds is 11. The van der Waals surface area contributed by atoms with E-state index < -0.39 is 28.5 Å². The monoisotopic (exact) mass is 675 g/mol. The van der Waals surface area contributed by atoms with Gasteiger partial charge in [0.1, 0.15) is 6.04 Å². The van der Waals surface area contributed by atoms with E-state index in [0.29, 0.717) is 6.42 Å². The Morgan fingerprint density at radius 2 is 1.52 bits per heavy atom. The molecule has 9 heteroatoms. The molecule has 1 fully saturated rings. The van der Waals surface area contributed by atoms with Crippen LogP contribution in [0.15, 0.2) is 106 Å². The van der Waals surface area contributed by atoms with Crippen LogP contribution in [0.4, 0.5) is 0 Å². The molecule has 0 spiro atoms. The second-order valence-corrected chi connectivity index (χ2v) is 14.4. The Balaban J connectivity index is 1.45. The third kappa shape index (κ3) is 7.94. The van der Waals surface area contributed by atoms with Crippen LogP contribution < -0.4 is 5.32 Å². The van der Waals surface area contributed by atoms with Crippen molar-refractivity contribution in [1.82, 2.24) is 14.5 Å². The average molecular weight is 677 g/mol. The summed E-state index contributed by atoms with van der Waals surface area (Å²) < 4.78 is 29.3. The molecule has 0 aliphatic heterocycles. The summed E-state index contributed by atoms with van der Waals surface area (Å²) in [6, 6.07) is 28.9. The fourth-order valence-corrected chi connectivity index (χ4v) is 7.41. The van der Waals surface area contributed by atoms with Gasteiger partial charge in [0.05, 0.1) is 11.4 Å².